The molecule has 216 valence electrons. The van der Waals surface area contributed by atoms with Crippen LogP contribution in [0.25, 0.3) is 28.1 Å². The normalized spacial score (nSPS) is 14.7. The number of aryl methyl sites for hydroxylation is 1. The maximum absolute atomic E-state index is 16.3. The number of aromatic nitrogens is 4. The minimum absolute atomic E-state index is 0.0113. The van der Waals surface area contributed by atoms with Gasteiger partial charge in [-0.1, -0.05) is 67.4 Å². The number of fused-ring (bicyclic) bond motifs is 1. The molecule has 8 nitrogen and oxygen atoms in total. The molecule has 1 aliphatic heterocycles. The van der Waals surface area contributed by atoms with Crippen LogP contribution in [-0.2, 0) is 10.1 Å². The zero-order valence-electron chi connectivity index (χ0n) is 23.4. The van der Waals surface area contributed by atoms with Crippen molar-refractivity contribution in [3.63, 3.8) is 0 Å². The SMILES string of the molecule is [B]C([B])(n1c(=O)c(=O)n(-c2c(C)ccnc2C(C)C)c2nc(-c3cccc(Cl)c3Cl)c(Cl)cc21)C1(F)CN(C(=O)C=C)C1. The number of likely N-dealkylation sites (tertiary alicyclic amines) is 1. The molecule has 5 rings (SSSR count). The van der Waals surface area contributed by atoms with Crippen LogP contribution in [0.4, 0.5) is 4.39 Å². The van der Waals surface area contributed by atoms with Gasteiger partial charge in [-0.05, 0) is 42.7 Å². The van der Waals surface area contributed by atoms with Gasteiger partial charge in [0.15, 0.2) is 11.3 Å². The first-order valence-corrected chi connectivity index (χ1v) is 14.2. The lowest BCUT2D eigenvalue weighted by Gasteiger charge is -2.54. The molecule has 1 saturated heterocycles. The number of benzene rings is 1. The van der Waals surface area contributed by atoms with Crippen molar-refractivity contribution in [3.8, 4) is 16.9 Å². The Labute approximate surface area is 263 Å². The van der Waals surface area contributed by atoms with Crippen molar-refractivity contribution in [2.45, 2.75) is 37.7 Å². The highest BCUT2D eigenvalue weighted by Crippen LogP contribution is 2.41. The first-order chi connectivity index (χ1) is 20.1. The third-order valence-corrected chi connectivity index (χ3v) is 8.67. The standard InChI is InChI=1S/C29H23B2Cl3FN5O3/c1-5-20(41)38-12-28(35,13-38)29(30,31)40-19-11-18(33)23(16-7-6-8-17(32)21(16)34)37-25(19)39(26(42)27(40)43)24-15(4)9-10-36-22(24)14(2)3/h5-11,14H,1,12-13H2,2-4H3. The van der Waals surface area contributed by atoms with Crippen LogP contribution in [0.15, 0.2) is 58.8 Å². The molecule has 0 unspecified atom stereocenters. The Morgan fingerprint density at radius 2 is 1.81 bits per heavy atom. The predicted octanol–water partition coefficient (Wildman–Crippen LogP) is 4.69. The van der Waals surface area contributed by atoms with E-state index in [1.165, 1.54) is 6.07 Å². The molecule has 14 heteroatoms. The van der Waals surface area contributed by atoms with E-state index in [-0.39, 0.29) is 37.8 Å². The van der Waals surface area contributed by atoms with Gasteiger partial charge >= 0.3 is 11.1 Å². The van der Waals surface area contributed by atoms with Crippen LogP contribution in [0, 0.1) is 6.92 Å². The second-order valence-corrected chi connectivity index (χ2v) is 11.9. The lowest BCUT2D eigenvalue weighted by atomic mass is 9.51. The molecule has 1 fully saturated rings. The number of amides is 1. The Morgan fingerprint density at radius 3 is 2.44 bits per heavy atom. The largest absolute Gasteiger partial charge is 0.333 e. The number of hydrogen-bond donors (Lipinski definition) is 0. The summed E-state index contributed by atoms with van der Waals surface area (Å²) in [7, 11) is 12.8. The van der Waals surface area contributed by atoms with Crippen molar-refractivity contribution in [2.24, 2.45) is 0 Å². The van der Waals surface area contributed by atoms with Crippen molar-refractivity contribution < 1.29 is 9.18 Å². The Hall–Kier alpha value is -3.40. The molecule has 0 saturated carbocycles. The fourth-order valence-electron chi connectivity index (χ4n) is 5.23. The van der Waals surface area contributed by atoms with Gasteiger partial charge in [0, 0.05) is 17.1 Å². The van der Waals surface area contributed by atoms with Gasteiger partial charge in [-0.25, -0.2) is 9.37 Å². The average molecular weight is 637 g/mol. The van der Waals surface area contributed by atoms with Crippen LogP contribution < -0.4 is 11.1 Å². The molecule has 0 bridgehead atoms. The summed E-state index contributed by atoms with van der Waals surface area (Å²) < 4.78 is 18.1. The molecule has 0 atom stereocenters. The number of alkyl halides is 1. The average Bonchev–Trinajstić information content (AvgIpc) is 2.93. The fourth-order valence-corrected chi connectivity index (χ4v) is 5.87. The highest BCUT2D eigenvalue weighted by molar-refractivity contribution is 6.44. The second-order valence-electron chi connectivity index (χ2n) is 10.7. The minimum Gasteiger partial charge on any atom is -0.333 e. The Bertz CT molecular complexity index is 1950. The zero-order chi connectivity index (χ0) is 31.6. The maximum Gasteiger partial charge on any atom is 0.322 e. The summed E-state index contributed by atoms with van der Waals surface area (Å²) in [5, 5.41) is -2.24. The lowest BCUT2D eigenvalue weighted by molar-refractivity contribution is -0.143. The summed E-state index contributed by atoms with van der Waals surface area (Å²) in [6, 6.07) is 7.86. The number of halogens is 4. The van der Waals surface area contributed by atoms with Crippen LogP contribution in [0.3, 0.4) is 0 Å². The van der Waals surface area contributed by atoms with Crippen LogP contribution in [0.5, 0.6) is 0 Å². The molecule has 1 amide bonds. The van der Waals surface area contributed by atoms with Crippen molar-refractivity contribution in [1.29, 1.82) is 0 Å². The van der Waals surface area contributed by atoms with E-state index >= 15 is 4.39 Å². The van der Waals surface area contributed by atoms with Crippen molar-refractivity contribution in [1.82, 2.24) is 24.0 Å². The van der Waals surface area contributed by atoms with Crippen LogP contribution in [0.2, 0.25) is 15.1 Å². The van der Waals surface area contributed by atoms with Crippen LogP contribution in [-0.4, -0.2) is 64.4 Å². The molecule has 1 aliphatic rings. The van der Waals surface area contributed by atoms with E-state index in [2.05, 4.69) is 11.6 Å². The van der Waals surface area contributed by atoms with Gasteiger partial charge in [-0.15, -0.1) is 0 Å². The molecule has 3 aromatic heterocycles. The van der Waals surface area contributed by atoms with E-state index in [0.29, 0.717) is 27.1 Å². The highest BCUT2D eigenvalue weighted by Gasteiger charge is 2.56. The Balaban J connectivity index is 1.92. The number of carbonyl (C=O) groups excluding carboxylic acids is 1. The van der Waals surface area contributed by atoms with E-state index in [0.717, 1.165) is 15.5 Å². The molecule has 4 heterocycles. The Kier molecular flexibility index (Phi) is 7.90. The number of rotatable bonds is 6. The fraction of sp³-hybridized carbons (Fsp3) is 0.276. The first kappa shape index (κ1) is 31.0. The Morgan fingerprint density at radius 1 is 1.14 bits per heavy atom. The molecule has 4 radical (unpaired) electrons. The van der Waals surface area contributed by atoms with E-state index in [1.807, 2.05) is 13.8 Å². The highest BCUT2D eigenvalue weighted by atomic mass is 35.5. The van der Waals surface area contributed by atoms with Crippen molar-refractivity contribution in [3.05, 3.63) is 96.2 Å². The van der Waals surface area contributed by atoms with Gasteiger partial charge in [-0.2, -0.15) is 0 Å². The summed E-state index contributed by atoms with van der Waals surface area (Å²) in [6.45, 7) is 7.83. The summed E-state index contributed by atoms with van der Waals surface area (Å²) in [4.78, 5) is 50.3. The van der Waals surface area contributed by atoms with E-state index in [4.69, 9.17) is 55.5 Å². The van der Waals surface area contributed by atoms with Gasteiger partial charge in [0.1, 0.15) is 0 Å². The van der Waals surface area contributed by atoms with Gasteiger partial charge in [0.2, 0.25) is 5.91 Å². The van der Waals surface area contributed by atoms with Crippen molar-refractivity contribution in [2.75, 3.05) is 13.1 Å². The van der Waals surface area contributed by atoms with Gasteiger partial charge in [0.05, 0.1) is 66.4 Å². The van der Waals surface area contributed by atoms with Gasteiger partial charge < -0.3 is 9.47 Å². The van der Waals surface area contributed by atoms with Gasteiger partial charge in [0.25, 0.3) is 0 Å². The molecule has 43 heavy (non-hydrogen) atoms. The van der Waals surface area contributed by atoms with Crippen molar-refractivity contribution >= 4 is 67.6 Å². The molecule has 0 N–H and O–H groups in total. The third-order valence-electron chi connectivity index (χ3n) is 7.57. The monoisotopic (exact) mass is 635 g/mol. The topological polar surface area (TPSA) is 90.1 Å². The summed E-state index contributed by atoms with van der Waals surface area (Å²) in [5.41, 5.74) is -3.17. The smallest absolute Gasteiger partial charge is 0.322 e. The van der Waals surface area contributed by atoms with Crippen LogP contribution >= 0.6 is 34.8 Å². The zero-order valence-corrected chi connectivity index (χ0v) is 25.6. The molecule has 4 aromatic rings. The van der Waals surface area contributed by atoms with E-state index in [9.17, 15) is 14.4 Å². The van der Waals surface area contributed by atoms with Gasteiger partial charge in [-0.3, -0.25) is 23.9 Å². The minimum atomic E-state index is -2.61. The molecular formula is C29H23B2Cl3FN5O3. The quantitative estimate of drug-likeness (QED) is 0.174. The summed E-state index contributed by atoms with van der Waals surface area (Å²) >= 11 is 19.5. The first-order valence-electron chi connectivity index (χ1n) is 13.1. The number of nitrogens with zero attached hydrogens (tertiary/aromatic N) is 5. The number of hydrogen-bond acceptors (Lipinski definition) is 5. The molecule has 0 spiro atoms. The maximum atomic E-state index is 16.3. The molecule has 0 aliphatic carbocycles. The van der Waals surface area contributed by atoms with E-state index in [1.54, 1.807) is 37.4 Å². The second kappa shape index (κ2) is 10.9. The third kappa shape index (κ3) is 4.82. The van der Waals surface area contributed by atoms with E-state index < -0.39 is 41.1 Å². The number of carbonyl (C=O) groups is 1. The molecule has 1 aromatic carbocycles. The number of pyridine rings is 2. The summed E-state index contributed by atoms with van der Waals surface area (Å²) in [5.74, 6) is -0.716. The lowest BCUT2D eigenvalue weighted by Crippen LogP contribution is -2.74. The van der Waals surface area contributed by atoms with Crippen LogP contribution in [0.1, 0.15) is 31.0 Å². The molecular weight excluding hydrogens is 613 g/mol. The predicted molar refractivity (Wildman–Crippen MR) is 169 cm³/mol. The summed E-state index contributed by atoms with van der Waals surface area (Å²) in [6.07, 6.45) is 2.61.